The van der Waals surface area contributed by atoms with Gasteiger partial charge in [0.2, 0.25) is 0 Å². The van der Waals surface area contributed by atoms with Crippen LogP contribution in [-0.2, 0) is 4.79 Å². The van der Waals surface area contributed by atoms with Gasteiger partial charge in [0.05, 0.1) is 30.1 Å². The Morgan fingerprint density at radius 1 is 0.690 bits per heavy atom. The minimum Gasteiger partial charge on any atom is -0.481 e. The van der Waals surface area contributed by atoms with Gasteiger partial charge in [-0.15, -0.1) is 0 Å². The SMILES string of the molecule is CCCCCC(C(C)C(CCCC)C(=O)O)[P+](CCCC)(CCCC)CCCC. The molecule has 0 aromatic heterocycles. The van der Waals surface area contributed by atoms with Crippen molar-refractivity contribution in [2.75, 3.05) is 18.5 Å². The highest BCUT2D eigenvalue weighted by Gasteiger charge is 2.48. The molecule has 3 unspecified atom stereocenters. The first kappa shape index (κ1) is 28.9. The summed E-state index contributed by atoms with van der Waals surface area (Å²) in [5, 5.41) is 10.1. The lowest BCUT2D eigenvalue weighted by Gasteiger charge is -2.40. The fraction of sp³-hybridized carbons (Fsp3) is 0.962. The van der Waals surface area contributed by atoms with Crippen molar-refractivity contribution in [3.05, 3.63) is 0 Å². The van der Waals surface area contributed by atoms with E-state index in [1.807, 2.05) is 0 Å². The van der Waals surface area contributed by atoms with Gasteiger partial charge in [0.15, 0.2) is 0 Å². The minimum absolute atomic E-state index is 0.147. The second kappa shape index (κ2) is 17.6. The van der Waals surface area contributed by atoms with Crippen LogP contribution in [0.3, 0.4) is 0 Å². The molecule has 0 spiro atoms. The third-order valence-electron chi connectivity index (χ3n) is 7.11. The van der Waals surface area contributed by atoms with E-state index >= 15 is 0 Å². The van der Waals surface area contributed by atoms with Gasteiger partial charge in [0.1, 0.15) is 0 Å². The van der Waals surface area contributed by atoms with E-state index in [-0.39, 0.29) is 5.92 Å². The maximum atomic E-state index is 12.3. The monoisotopic (exact) mass is 429 g/mol. The molecule has 2 nitrogen and oxygen atoms in total. The van der Waals surface area contributed by atoms with Crippen molar-refractivity contribution in [3.8, 4) is 0 Å². The maximum Gasteiger partial charge on any atom is 0.306 e. The van der Waals surface area contributed by atoms with E-state index in [1.165, 1.54) is 82.7 Å². The highest BCUT2D eigenvalue weighted by molar-refractivity contribution is 7.76. The molecule has 0 fully saturated rings. The zero-order chi connectivity index (χ0) is 22.1. The van der Waals surface area contributed by atoms with Crippen LogP contribution in [0.25, 0.3) is 0 Å². The number of hydrogen-bond acceptors (Lipinski definition) is 1. The van der Waals surface area contributed by atoms with Crippen LogP contribution < -0.4 is 0 Å². The summed E-state index contributed by atoms with van der Waals surface area (Å²) in [7, 11) is -1.14. The highest BCUT2D eigenvalue weighted by Crippen LogP contribution is 2.68. The van der Waals surface area contributed by atoms with Crippen molar-refractivity contribution in [1.82, 2.24) is 0 Å². The molecule has 0 aliphatic carbocycles. The Labute approximate surface area is 184 Å². The fourth-order valence-electron chi connectivity index (χ4n) is 5.19. The van der Waals surface area contributed by atoms with Gasteiger partial charge in [-0.05, 0) is 38.5 Å². The van der Waals surface area contributed by atoms with E-state index in [4.69, 9.17) is 0 Å². The van der Waals surface area contributed by atoms with Crippen molar-refractivity contribution < 1.29 is 9.90 Å². The molecular formula is C26H54O2P+. The van der Waals surface area contributed by atoms with E-state index < -0.39 is 13.2 Å². The van der Waals surface area contributed by atoms with Crippen molar-refractivity contribution in [2.45, 2.75) is 131 Å². The summed E-state index contributed by atoms with van der Waals surface area (Å²) in [6, 6.07) is 0. The number of unbranched alkanes of at least 4 members (excludes halogenated alkanes) is 6. The molecule has 0 aliphatic heterocycles. The number of carboxylic acids is 1. The fourth-order valence-corrected chi connectivity index (χ4v) is 11.6. The average Bonchev–Trinajstić information content (AvgIpc) is 2.71. The predicted octanol–water partition coefficient (Wildman–Crippen LogP) is 8.88. The third-order valence-corrected chi connectivity index (χ3v) is 12.9. The van der Waals surface area contributed by atoms with E-state index in [1.54, 1.807) is 0 Å². The molecule has 0 saturated heterocycles. The lowest BCUT2D eigenvalue weighted by Crippen LogP contribution is -2.35. The van der Waals surface area contributed by atoms with Gasteiger partial charge in [-0.2, -0.15) is 0 Å². The molecule has 29 heavy (non-hydrogen) atoms. The second-order valence-corrected chi connectivity index (χ2v) is 13.9. The molecule has 0 bridgehead atoms. The van der Waals surface area contributed by atoms with Crippen LogP contribution in [0, 0.1) is 11.8 Å². The van der Waals surface area contributed by atoms with Crippen molar-refractivity contribution in [3.63, 3.8) is 0 Å². The van der Waals surface area contributed by atoms with Crippen LogP contribution >= 0.6 is 7.26 Å². The molecule has 0 rings (SSSR count). The van der Waals surface area contributed by atoms with Gasteiger partial charge in [-0.25, -0.2) is 0 Å². The molecule has 0 aromatic rings. The molecule has 1 N–H and O–H groups in total. The largest absolute Gasteiger partial charge is 0.481 e. The molecule has 0 aliphatic rings. The lowest BCUT2D eigenvalue weighted by molar-refractivity contribution is -0.143. The number of hydrogen-bond donors (Lipinski definition) is 1. The van der Waals surface area contributed by atoms with Crippen LogP contribution in [0.1, 0.15) is 125 Å². The molecule has 3 heteroatoms. The Morgan fingerprint density at radius 3 is 1.52 bits per heavy atom. The first-order valence-corrected chi connectivity index (χ1v) is 15.4. The van der Waals surface area contributed by atoms with Crippen LogP contribution in [0.15, 0.2) is 0 Å². The Hall–Kier alpha value is -0.100. The zero-order valence-corrected chi connectivity index (χ0v) is 21.7. The molecule has 0 heterocycles. The summed E-state index contributed by atoms with van der Waals surface area (Å²) in [5.74, 6) is -0.355. The smallest absolute Gasteiger partial charge is 0.306 e. The molecule has 174 valence electrons. The molecular weight excluding hydrogens is 375 g/mol. The Bertz CT molecular complexity index is 374. The van der Waals surface area contributed by atoms with Gasteiger partial charge in [-0.3, -0.25) is 4.79 Å². The number of rotatable bonds is 20. The topological polar surface area (TPSA) is 37.3 Å². The quantitative estimate of drug-likeness (QED) is 0.155. The summed E-state index contributed by atoms with van der Waals surface area (Å²) in [4.78, 5) is 12.3. The summed E-state index contributed by atoms with van der Waals surface area (Å²) in [6.45, 7) is 13.8. The summed E-state index contributed by atoms with van der Waals surface area (Å²) in [6.07, 6.45) is 20.2. The molecule has 0 radical (unpaired) electrons. The predicted molar refractivity (Wildman–Crippen MR) is 134 cm³/mol. The van der Waals surface area contributed by atoms with E-state index in [2.05, 4.69) is 41.5 Å². The van der Waals surface area contributed by atoms with E-state index in [0.717, 1.165) is 19.3 Å². The van der Waals surface area contributed by atoms with Crippen LogP contribution in [0.4, 0.5) is 0 Å². The van der Waals surface area contributed by atoms with Crippen LogP contribution in [-0.4, -0.2) is 35.2 Å². The number of carboxylic acid groups (broad SMARTS) is 1. The van der Waals surface area contributed by atoms with Gasteiger partial charge in [0.25, 0.3) is 0 Å². The van der Waals surface area contributed by atoms with Crippen molar-refractivity contribution in [2.24, 2.45) is 11.8 Å². The van der Waals surface area contributed by atoms with E-state index in [0.29, 0.717) is 11.6 Å². The van der Waals surface area contributed by atoms with Gasteiger partial charge >= 0.3 is 5.97 Å². The first-order chi connectivity index (χ1) is 13.9. The average molecular weight is 430 g/mol. The Kier molecular flexibility index (Phi) is 17.5. The minimum atomic E-state index is -1.14. The molecule has 0 saturated carbocycles. The first-order valence-electron chi connectivity index (χ1n) is 13.0. The third kappa shape index (κ3) is 10.7. The molecule has 0 amide bonds. The van der Waals surface area contributed by atoms with Crippen LogP contribution in [0.5, 0.6) is 0 Å². The Balaban J connectivity index is 5.96. The second-order valence-electron chi connectivity index (χ2n) is 9.46. The van der Waals surface area contributed by atoms with Crippen molar-refractivity contribution >= 4 is 13.2 Å². The number of carbonyl (C=O) groups is 1. The van der Waals surface area contributed by atoms with Crippen LogP contribution in [0.2, 0.25) is 0 Å². The zero-order valence-electron chi connectivity index (χ0n) is 20.8. The highest BCUT2D eigenvalue weighted by atomic mass is 31.2. The molecule has 3 atom stereocenters. The van der Waals surface area contributed by atoms with Gasteiger partial charge < -0.3 is 5.11 Å². The molecule has 0 aromatic carbocycles. The standard InChI is InChI=1S/C26H53O2P/c1-7-12-17-19-25(23(6)24(26(27)28)18-13-8-2)29(20-14-9-3,21-15-10-4)22-16-11-5/h23-25H,7-22H2,1-6H3/p+1. The summed E-state index contributed by atoms with van der Waals surface area (Å²) < 4.78 is 0. The summed E-state index contributed by atoms with van der Waals surface area (Å²) in [5.41, 5.74) is 0.664. The maximum absolute atomic E-state index is 12.3. The lowest BCUT2D eigenvalue weighted by atomic mass is 9.85. The van der Waals surface area contributed by atoms with E-state index in [9.17, 15) is 9.90 Å². The summed E-state index contributed by atoms with van der Waals surface area (Å²) >= 11 is 0. The Morgan fingerprint density at radius 2 is 1.14 bits per heavy atom. The normalized spacial score (nSPS) is 15.2. The van der Waals surface area contributed by atoms with Crippen molar-refractivity contribution in [1.29, 1.82) is 0 Å². The number of aliphatic carboxylic acids is 1. The van der Waals surface area contributed by atoms with Gasteiger partial charge in [-0.1, -0.05) is 86.5 Å². The van der Waals surface area contributed by atoms with Gasteiger partial charge in [0, 0.05) is 13.2 Å².